The predicted molar refractivity (Wildman–Crippen MR) is 125 cm³/mol. The number of nitrogens with zero attached hydrogens (tertiary/aromatic N) is 2. The molecule has 1 aliphatic carbocycles. The third kappa shape index (κ3) is 5.45. The van der Waals surface area contributed by atoms with E-state index in [1.165, 1.54) is 0 Å². The standard InChI is InChI=1S/C24H30N6O2/c25-24(26)28-14-17-6-8-19(9-7-17)23(31)29-21-10-12-27-22-20(21)11-13-30(22)16-32-15-18-4-2-1-3-5-18/h1-5,10-13,17,19H,6-9,14-16H2,(H4,25,26,28)(H,27,29,31). The Morgan fingerprint density at radius 2 is 1.94 bits per heavy atom. The van der Waals surface area contributed by atoms with Crippen molar-refractivity contribution in [3.05, 3.63) is 60.4 Å². The normalized spacial score (nSPS) is 18.4. The van der Waals surface area contributed by atoms with Gasteiger partial charge in [0.1, 0.15) is 12.4 Å². The average molecular weight is 435 g/mol. The third-order valence-corrected chi connectivity index (χ3v) is 6.06. The molecule has 2 aromatic heterocycles. The second-order valence-electron chi connectivity index (χ2n) is 8.35. The number of amides is 1. The first-order valence-corrected chi connectivity index (χ1v) is 11.0. The van der Waals surface area contributed by atoms with Crippen LogP contribution in [0, 0.1) is 17.2 Å². The van der Waals surface area contributed by atoms with Crippen LogP contribution in [0.1, 0.15) is 31.2 Å². The number of hydrogen-bond donors (Lipinski definition) is 4. The van der Waals surface area contributed by atoms with E-state index >= 15 is 0 Å². The van der Waals surface area contributed by atoms with Gasteiger partial charge in [-0.1, -0.05) is 30.3 Å². The van der Waals surface area contributed by atoms with Crippen LogP contribution >= 0.6 is 0 Å². The monoisotopic (exact) mass is 434 g/mol. The minimum atomic E-state index is 0.00286. The molecule has 1 saturated carbocycles. The number of fused-ring (bicyclic) bond motifs is 1. The maximum absolute atomic E-state index is 12.9. The van der Waals surface area contributed by atoms with E-state index in [2.05, 4.69) is 15.6 Å². The fourth-order valence-corrected chi connectivity index (χ4v) is 4.26. The zero-order valence-electron chi connectivity index (χ0n) is 18.1. The molecule has 32 heavy (non-hydrogen) atoms. The lowest BCUT2D eigenvalue weighted by Crippen LogP contribution is -2.36. The summed E-state index contributed by atoms with van der Waals surface area (Å²) in [4.78, 5) is 17.4. The van der Waals surface area contributed by atoms with Gasteiger partial charge in [-0.05, 0) is 49.3 Å². The Hall–Kier alpha value is -3.39. The number of carbonyl (C=O) groups is 1. The summed E-state index contributed by atoms with van der Waals surface area (Å²) >= 11 is 0. The molecular weight excluding hydrogens is 404 g/mol. The van der Waals surface area contributed by atoms with Gasteiger partial charge in [-0.15, -0.1) is 0 Å². The summed E-state index contributed by atoms with van der Waals surface area (Å²) < 4.78 is 7.79. The van der Waals surface area contributed by atoms with Crippen LogP contribution in [0.4, 0.5) is 5.69 Å². The van der Waals surface area contributed by atoms with Gasteiger partial charge >= 0.3 is 0 Å². The lowest BCUT2D eigenvalue weighted by atomic mass is 9.81. The summed E-state index contributed by atoms with van der Waals surface area (Å²) in [6.45, 7) is 1.62. The van der Waals surface area contributed by atoms with Crippen LogP contribution in [0.15, 0.2) is 54.9 Å². The Morgan fingerprint density at radius 3 is 2.69 bits per heavy atom. The average Bonchev–Trinajstić information content (AvgIpc) is 3.23. The molecule has 8 heteroatoms. The van der Waals surface area contributed by atoms with Crippen molar-refractivity contribution in [2.75, 3.05) is 11.9 Å². The van der Waals surface area contributed by atoms with Crippen molar-refractivity contribution in [2.45, 2.75) is 39.0 Å². The number of guanidine groups is 1. The summed E-state index contributed by atoms with van der Waals surface area (Å²) in [5.74, 6) is 0.524. The van der Waals surface area contributed by atoms with Gasteiger partial charge in [-0.2, -0.15) is 0 Å². The highest BCUT2D eigenvalue weighted by Crippen LogP contribution is 2.30. The van der Waals surface area contributed by atoms with E-state index in [-0.39, 0.29) is 17.8 Å². The molecule has 0 spiro atoms. The lowest BCUT2D eigenvalue weighted by Gasteiger charge is -2.28. The summed E-state index contributed by atoms with van der Waals surface area (Å²) in [5.41, 5.74) is 8.05. The number of hydrogen-bond acceptors (Lipinski definition) is 4. The van der Waals surface area contributed by atoms with Crippen LogP contribution in [0.5, 0.6) is 0 Å². The van der Waals surface area contributed by atoms with Crippen molar-refractivity contribution >= 4 is 28.6 Å². The van der Waals surface area contributed by atoms with Crippen LogP contribution in [0.3, 0.4) is 0 Å². The number of nitrogens with one attached hydrogen (secondary N) is 3. The summed E-state index contributed by atoms with van der Waals surface area (Å²) in [6.07, 6.45) is 7.26. The van der Waals surface area contributed by atoms with Crippen molar-refractivity contribution in [1.29, 1.82) is 5.41 Å². The first-order valence-electron chi connectivity index (χ1n) is 11.0. The van der Waals surface area contributed by atoms with Crippen LogP contribution in [-0.4, -0.2) is 28.0 Å². The first kappa shape index (κ1) is 21.8. The number of carbonyl (C=O) groups excluding carboxylic acids is 1. The minimum absolute atomic E-state index is 0.00286. The van der Waals surface area contributed by atoms with Gasteiger partial charge in [0.2, 0.25) is 5.91 Å². The van der Waals surface area contributed by atoms with Gasteiger partial charge in [0.15, 0.2) is 5.96 Å². The quantitative estimate of drug-likeness (QED) is 0.320. The number of rotatable bonds is 8. The number of ether oxygens (including phenoxy) is 1. The summed E-state index contributed by atoms with van der Waals surface area (Å²) in [7, 11) is 0. The van der Waals surface area contributed by atoms with Crippen LogP contribution in [0.2, 0.25) is 0 Å². The van der Waals surface area contributed by atoms with Crippen LogP contribution in [-0.2, 0) is 22.9 Å². The van der Waals surface area contributed by atoms with Gasteiger partial charge < -0.3 is 25.7 Å². The van der Waals surface area contributed by atoms with E-state index in [0.717, 1.165) is 48.0 Å². The van der Waals surface area contributed by atoms with E-state index < -0.39 is 0 Å². The molecular formula is C24H30N6O2. The third-order valence-electron chi connectivity index (χ3n) is 6.06. The molecule has 0 aliphatic heterocycles. The molecule has 1 amide bonds. The molecule has 8 nitrogen and oxygen atoms in total. The Kier molecular flexibility index (Phi) is 7.01. The number of anilines is 1. The van der Waals surface area contributed by atoms with E-state index in [1.807, 2.05) is 53.2 Å². The summed E-state index contributed by atoms with van der Waals surface area (Å²) in [5, 5.41) is 14.2. The maximum atomic E-state index is 12.9. The molecule has 0 saturated heterocycles. The molecule has 1 fully saturated rings. The fraction of sp³-hybridized carbons (Fsp3) is 0.375. The number of aromatic nitrogens is 2. The Morgan fingerprint density at radius 1 is 1.16 bits per heavy atom. The molecule has 4 rings (SSSR count). The molecule has 0 unspecified atom stereocenters. The topological polar surface area (TPSA) is 118 Å². The van der Waals surface area contributed by atoms with E-state index in [4.69, 9.17) is 15.9 Å². The highest BCUT2D eigenvalue weighted by molar-refractivity contribution is 6.01. The van der Waals surface area contributed by atoms with Gasteiger partial charge in [0, 0.05) is 30.2 Å². The molecule has 5 N–H and O–H groups in total. The van der Waals surface area contributed by atoms with Crippen LogP contribution < -0.4 is 16.4 Å². The van der Waals surface area contributed by atoms with Crippen molar-refractivity contribution in [1.82, 2.24) is 14.9 Å². The number of benzene rings is 1. The molecule has 2 heterocycles. The molecule has 1 aromatic carbocycles. The molecule has 1 aliphatic rings. The van der Waals surface area contributed by atoms with Crippen molar-refractivity contribution < 1.29 is 9.53 Å². The van der Waals surface area contributed by atoms with E-state index in [1.54, 1.807) is 6.20 Å². The zero-order valence-corrected chi connectivity index (χ0v) is 18.1. The van der Waals surface area contributed by atoms with Crippen molar-refractivity contribution in [3.63, 3.8) is 0 Å². The Balaban J connectivity index is 1.33. The molecule has 0 radical (unpaired) electrons. The Bertz CT molecular complexity index is 1060. The van der Waals surface area contributed by atoms with Crippen molar-refractivity contribution in [2.24, 2.45) is 17.6 Å². The predicted octanol–water partition coefficient (Wildman–Crippen LogP) is 3.44. The summed E-state index contributed by atoms with van der Waals surface area (Å²) in [6, 6.07) is 13.9. The lowest BCUT2D eigenvalue weighted by molar-refractivity contribution is -0.121. The highest BCUT2D eigenvalue weighted by Gasteiger charge is 2.26. The van der Waals surface area contributed by atoms with Gasteiger partial charge in [0.25, 0.3) is 0 Å². The second kappa shape index (κ2) is 10.3. The van der Waals surface area contributed by atoms with Crippen LogP contribution in [0.25, 0.3) is 11.0 Å². The highest BCUT2D eigenvalue weighted by atomic mass is 16.5. The van der Waals surface area contributed by atoms with E-state index in [9.17, 15) is 4.79 Å². The number of pyridine rings is 1. The first-order chi connectivity index (χ1) is 15.6. The Labute approximate surface area is 187 Å². The smallest absolute Gasteiger partial charge is 0.227 e. The number of nitrogens with two attached hydrogens (primary N) is 1. The van der Waals surface area contributed by atoms with Gasteiger partial charge in [0.05, 0.1) is 12.3 Å². The van der Waals surface area contributed by atoms with Gasteiger partial charge in [-0.3, -0.25) is 10.2 Å². The van der Waals surface area contributed by atoms with Gasteiger partial charge in [-0.25, -0.2) is 4.98 Å². The van der Waals surface area contributed by atoms with E-state index in [0.29, 0.717) is 25.8 Å². The SMILES string of the molecule is N=C(N)NCC1CCC(C(=O)Nc2ccnc3c2ccn3COCc2ccccc2)CC1. The maximum Gasteiger partial charge on any atom is 0.227 e. The molecule has 3 aromatic rings. The second-order valence-corrected chi connectivity index (χ2v) is 8.35. The van der Waals surface area contributed by atoms with Crippen molar-refractivity contribution in [3.8, 4) is 0 Å². The molecule has 0 atom stereocenters. The molecule has 0 bridgehead atoms. The minimum Gasteiger partial charge on any atom is -0.370 e. The zero-order chi connectivity index (χ0) is 22.3. The largest absolute Gasteiger partial charge is 0.370 e. The fourth-order valence-electron chi connectivity index (χ4n) is 4.26. The molecule has 168 valence electrons.